The largest absolute Gasteiger partial charge is 0.433 e. The quantitative estimate of drug-likeness (QED) is 0.820. The van der Waals surface area contributed by atoms with Gasteiger partial charge in [-0.2, -0.15) is 13.2 Å². The maximum Gasteiger partial charge on any atom is 0.433 e. The molecule has 0 bridgehead atoms. The van der Waals surface area contributed by atoms with Gasteiger partial charge in [-0.25, -0.2) is 4.98 Å². The summed E-state index contributed by atoms with van der Waals surface area (Å²) in [5.41, 5.74) is 0.218. The summed E-state index contributed by atoms with van der Waals surface area (Å²) in [6.45, 7) is 0.575. The van der Waals surface area contributed by atoms with Crippen molar-refractivity contribution in [2.75, 3.05) is 11.9 Å². The van der Waals surface area contributed by atoms with Crippen LogP contribution in [0.5, 0.6) is 0 Å². The Labute approximate surface area is 138 Å². The van der Waals surface area contributed by atoms with Crippen LogP contribution in [-0.4, -0.2) is 17.6 Å². The van der Waals surface area contributed by atoms with Gasteiger partial charge in [-0.05, 0) is 31.4 Å². The summed E-state index contributed by atoms with van der Waals surface area (Å²) in [6, 6.07) is 2.69. The standard InChI is InChI=1S/C18H19F3N2O/c19-18(20,21)14-9-8-13-16(23-14)17-12(7-4-10-24-17)15(22-13)11-5-2-1-3-6-11/h1-3,5,8-9,11-12,15,17,22H,4,6-7,10H2/t11?,12-,15-,17-/m0/s1. The molecule has 1 aromatic heterocycles. The lowest BCUT2D eigenvalue weighted by Crippen LogP contribution is -2.45. The summed E-state index contributed by atoms with van der Waals surface area (Å²) in [6.07, 6.45) is 6.37. The van der Waals surface area contributed by atoms with Crippen molar-refractivity contribution in [3.63, 3.8) is 0 Å². The minimum atomic E-state index is -4.44. The summed E-state index contributed by atoms with van der Waals surface area (Å²) >= 11 is 0. The van der Waals surface area contributed by atoms with Gasteiger partial charge < -0.3 is 10.1 Å². The first kappa shape index (κ1) is 15.7. The van der Waals surface area contributed by atoms with E-state index in [1.807, 2.05) is 12.2 Å². The number of hydrogen-bond acceptors (Lipinski definition) is 3. The average molecular weight is 336 g/mol. The van der Waals surface area contributed by atoms with E-state index in [2.05, 4.69) is 22.5 Å². The van der Waals surface area contributed by atoms with Crippen molar-refractivity contribution in [2.24, 2.45) is 11.8 Å². The van der Waals surface area contributed by atoms with Crippen molar-refractivity contribution in [3.05, 3.63) is 47.8 Å². The molecular weight excluding hydrogens is 317 g/mol. The molecule has 24 heavy (non-hydrogen) atoms. The van der Waals surface area contributed by atoms with Gasteiger partial charge in [0.25, 0.3) is 0 Å². The van der Waals surface area contributed by atoms with Crippen molar-refractivity contribution >= 4 is 5.69 Å². The molecule has 1 aliphatic carbocycles. The number of allylic oxidation sites excluding steroid dienone is 3. The monoisotopic (exact) mass is 336 g/mol. The van der Waals surface area contributed by atoms with Crippen LogP contribution in [0.25, 0.3) is 0 Å². The Morgan fingerprint density at radius 1 is 1.21 bits per heavy atom. The van der Waals surface area contributed by atoms with Gasteiger partial charge in [-0.1, -0.05) is 24.3 Å². The van der Waals surface area contributed by atoms with E-state index >= 15 is 0 Å². The molecule has 3 nitrogen and oxygen atoms in total. The molecule has 6 heteroatoms. The molecule has 0 spiro atoms. The van der Waals surface area contributed by atoms with E-state index in [-0.39, 0.29) is 18.1 Å². The number of nitrogens with zero attached hydrogens (tertiary/aromatic N) is 1. The van der Waals surface area contributed by atoms with E-state index in [1.54, 1.807) is 0 Å². The fourth-order valence-corrected chi connectivity index (χ4v) is 4.00. The minimum absolute atomic E-state index is 0.142. The van der Waals surface area contributed by atoms with Gasteiger partial charge in [0.15, 0.2) is 0 Å². The fourth-order valence-electron chi connectivity index (χ4n) is 4.00. The Morgan fingerprint density at radius 2 is 2.08 bits per heavy atom. The van der Waals surface area contributed by atoms with Crippen LogP contribution >= 0.6 is 0 Å². The summed E-state index contributed by atoms with van der Waals surface area (Å²) in [5, 5.41) is 3.45. The molecule has 1 N–H and O–H groups in total. The first-order valence-corrected chi connectivity index (χ1v) is 8.33. The molecule has 0 amide bonds. The lowest BCUT2D eigenvalue weighted by atomic mass is 9.75. The highest BCUT2D eigenvalue weighted by molar-refractivity contribution is 5.54. The summed E-state index contributed by atoms with van der Waals surface area (Å²) in [7, 11) is 0. The third-order valence-electron chi connectivity index (χ3n) is 5.11. The molecule has 128 valence electrons. The molecule has 1 saturated heterocycles. The van der Waals surface area contributed by atoms with Gasteiger partial charge in [0, 0.05) is 24.5 Å². The van der Waals surface area contributed by atoms with Crippen molar-refractivity contribution < 1.29 is 17.9 Å². The SMILES string of the molecule is FC(F)(F)c1ccc2c(n1)[C@H]1OCCC[C@H]1[C@H](C1C=CC=CC1)N2. The number of fused-ring (bicyclic) bond motifs is 3. The van der Waals surface area contributed by atoms with E-state index in [0.29, 0.717) is 23.9 Å². The second-order valence-electron chi connectivity index (χ2n) is 6.61. The number of aromatic nitrogens is 1. The molecule has 4 rings (SSSR count). The van der Waals surface area contributed by atoms with Crippen LogP contribution in [0, 0.1) is 11.8 Å². The van der Waals surface area contributed by atoms with E-state index in [4.69, 9.17) is 4.74 Å². The Morgan fingerprint density at radius 3 is 2.83 bits per heavy atom. The summed E-state index contributed by atoms with van der Waals surface area (Å²) in [5.74, 6) is 0.461. The zero-order valence-electron chi connectivity index (χ0n) is 13.1. The highest BCUT2D eigenvalue weighted by atomic mass is 19.4. The van der Waals surface area contributed by atoms with Gasteiger partial charge in [0.2, 0.25) is 0 Å². The summed E-state index contributed by atoms with van der Waals surface area (Å²) in [4.78, 5) is 3.90. The lowest BCUT2D eigenvalue weighted by molar-refractivity contribution is -0.141. The second kappa shape index (κ2) is 5.92. The first-order valence-electron chi connectivity index (χ1n) is 8.33. The predicted molar refractivity (Wildman–Crippen MR) is 84.5 cm³/mol. The number of anilines is 1. The Balaban J connectivity index is 1.72. The topological polar surface area (TPSA) is 34.1 Å². The normalized spacial score (nSPS) is 32.0. The fraction of sp³-hybridized carbons (Fsp3) is 0.500. The second-order valence-corrected chi connectivity index (χ2v) is 6.61. The van der Waals surface area contributed by atoms with Crippen molar-refractivity contribution in [1.29, 1.82) is 0 Å². The van der Waals surface area contributed by atoms with E-state index in [9.17, 15) is 13.2 Å². The number of alkyl halides is 3. The molecule has 2 aliphatic heterocycles. The number of nitrogens with one attached hydrogen (secondary N) is 1. The molecule has 0 aromatic carbocycles. The Bertz CT molecular complexity index is 683. The molecule has 3 aliphatic rings. The number of rotatable bonds is 1. The van der Waals surface area contributed by atoms with Crippen LogP contribution in [0.3, 0.4) is 0 Å². The smallest absolute Gasteiger partial charge is 0.380 e. The van der Waals surface area contributed by atoms with Crippen LogP contribution in [0.2, 0.25) is 0 Å². The molecule has 1 fully saturated rings. The third kappa shape index (κ3) is 2.73. The van der Waals surface area contributed by atoms with Gasteiger partial charge in [0.05, 0.1) is 11.4 Å². The van der Waals surface area contributed by atoms with Crippen molar-refractivity contribution in [1.82, 2.24) is 4.98 Å². The lowest BCUT2D eigenvalue weighted by Gasteiger charge is -2.45. The minimum Gasteiger partial charge on any atom is -0.380 e. The highest BCUT2D eigenvalue weighted by Gasteiger charge is 2.44. The van der Waals surface area contributed by atoms with Crippen LogP contribution in [0.4, 0.5) is 18.9 Å². The molecule has 1 aromatic rings. The summed E-state index contributed by atoms with van der Waals surface area (Å²) < 4.78 is 44.9. The van der Waals surface area contributed by atoms with Crippen molar-refractivity contribution in [3.8, 4) is 0 Å². The highest BCUT2D eigenvalue weighted by Crippen LogP contribution is 2.46. The molecular formula is C18H19F3N2O. The maximum atomic E-state index is 13.0. The zero-order valence-corrected chi connectivity index (χ0v) is 13.1. The number of ether oxygens (including phenoxy) is 1. The third-order valence-corrected chi connectivity index (χ3v) is 5.11. The van der Waals surface area contributed by atoms with Crippen LogP contribution < -0.4 is 5.32 Å². The van der Waals surface area contributed by atoms with E-state index in [0.717, 1.165) is 25.3 Å². The first-order chi connectivity index (χ1) is 11.5. The van der Waals surface area contributed by atoms with Gasteiger partial charge in [-0.3, -0.25) is 0 Å². The van der Waals surface area contributed by atoms with Gasteiger partial charge in [-0.15, -0.1) is 0 Å². The maximum absolute atomic E-state index is 13.0. The molecule has 4 atom stereocenters. The van der Waals surface area contributed by atoms with Crippen LogP contribution in [0.1, 0.15) is 36.8 Å². The molecule has 1 unspecified atom stereocenters. The van der Waals surface area contributed by atoms with Gasteiger partial charge in [0.1, 0.15) is 11.8 Å². The number of halogens is 3. The Hall–Kier alpha value is -1.82. The van der Waals surface area contributed by atoms with E-state index in [1.165, 1.54) is 6.07 Å². The molecule has 0 saturated carbocycles. The van der Waals surface area contributed by atoms with Gasteiger partial charge >= 0.3 is 6.18 Å². The predicted octanol–water partition coefficient (Wildman–Crippen LogP) is 4.49. The zero-order chi connectivity index (χ0) is 16.7. The van der Waals surface area contributed by atoms with Crippen LogP contribution in [0.15, 0.2) is 36.4 Å². The molecule has 0 radical (unpaired) electrons. The Kier molecular flexibility index (Phi) is 3.87. The number of hydrogen-bond donors (Lipinski definition) is 1. The van der Waals surface area contributed by atoms with Crippen LogP contribution in [-0.2, 0) is 10.9 Å². The van der Waals surface area contributed by atoms with E-state index < -0.39 is 11.9 Å². The van der Waals surface area contributed by atoms with Crippen molar-refractivity contribution in [2.45, 2.75) is 37.6 Å². The molecule has 3 heterocycles. The number of pyridine rings is 1. The average Bonchev–Trinajstić information content (AvgIpc) is 2.60.